The standard InChI is InChI=1S/2C11H16O7/c2*1-5-9(16-6(2)12)10(17-7(3)13)11(15-5)18-8(4)14/h2*5,9-11H,1-4H3/t5-,9-,10-,11?;5-,9-,10-,11+/m11/s1. The summed E-state index contributed by atoms with van der Waals surface area (Å²) in [4.78, 5) is 65.8. The molecule has 0 saturated carbocycles. The summed E-state index contributed by atoms with van der Waals surface area (Å²) in [7, 11) is 0. The first kappa shape index (κ1) is 30.8. The van der Waals surface area contributed by atoms with Gasteiger partial charge in [-0.1, -0.05) is 0 Å². The third kappa shape index (κ3) is 9.77. The van der Waals surface area contributed by atoms with Gasteiger partial charge in [-0.3, -0.25) is 28.8 Å². The minimum Gasteiger partial charge on any atom is -0.456 e. The number of ether oxygens (including phenoxy) is 8. The van der Waals surface area contributed by atoms with Crippen molar-refractivity contribution in [2.75, 3.05) is 0 Å². The highest BCUT2D eigenvalue weighted by molar-refractivity contribution is 5.69. The van der Waals surface area contributed by atoms with Crippen LogP contribution in [0.3, 0.4) is 0 Å². The van der Waals surface area contributed by atoms with Gasteiger partial charge in [-0.05, 0) is 13.8 Å². The topological polar surface area (TPSA) is 176 Å². The maximum absolute atomic E-state index is 11.0. The van der Waals surface area contributed by atoms with Gasteiger partial charge < -0.3 is 37.9 Å². The quantitative estimate of drug-likeness (QED) is 0.345. The van der Waals surface area contributed by atoms with Crippen LogP contribution in [0.4, 0.5) is 0 Å². The third-order valence-electron chi connectivity index (χ3n) is 4.58. The first-order valence-corrected chi connectivity index (χ1v) is 11.0. The lowest BCUT2D eigenvalue weighted by Gasteiger charge is -2.22. The Kier molecular flexibility index (Phi) is 11.7. The van der Waals surface area contributed by atoms with Gasteiger partial charge in [0.25, 0.3) is 0 Å². The van der Waals surface area contributed by atoms with E-state index in [-0.39, 0.29) is 0 Å². The fraction of sp³-hybridized carbons (Fsp3) is 0.727. The molecule has 0 bridgehead atoms. The molecule has 0 spiro atoms. The zero-order valence-corrected chi connectivity index (χ0v) is 21.3. The molecule has 2 aliphatic heterocycles. The molecule has 0 aromatic heterocycles. The second-order valence-electron chi connectivity index (χ2n) is 7.93. The summed E-state index contributed by atoms with van der Waals surface area (Å²) >= 11 is 0. The number of carbonyl (C=O) groups is 6. The average Bonchev–Trinajstić information content (AvgIpc) is 3.11. The summed E-state index contributed by atoms with van der Waals surface area (Å²) in [6.45, 7) is 10.6. The van der Waals surface area contributed by atoms with Crippen molar-refractivity contribution in [3.63, 3.8) is 0 Å². The predicted molar refractivity (Wildman–Crippen MR) is 114 cm³/mol. The lowest BCUT2D eigenvalue weighted by atomic mass is 10.1. The second-order valence-corrected chi connectivity index (χ2v) is 7.93. The molecule has 1 unspecified atom stereocenters. The highest BCUT2D eigenvalue weighted by Gasteiger charge is 2.50. The van der Waals surface area contributed by atoms with E-state index >= 15 is 0 Å². The smallest absolute Gasteiger partial charge is 0.305 e. The molecule has 2 rings (SSSR count). The zero-order valence-electron chi connectivity index (χ0n) is 21.3. The van der Waals surface area contributed by atoms with E-state index in [9.17, 15) is 28.8 Å². The van der Waals surface area contributed by atoms with Crippen molar-refractivity contribution in [3.8, 4) is 0 Å². The molecule has 2 heterocycles. The third-order valence-corrected chi connectivity index (χ3v) is 4.58. The molecule has 2 saturated heterocycles. The Labute approximate surface area is 207 Å². The normalized spacial score (nSPS) is 30.7. The molecule has 0 amide bonds. The summed E-state index contributed by atoms with van der Waals surface area (Å²) in [5.41, 5.74) is 0. The summed E-state index contributed by atoms with van der Waals surface area (Å²) < 4.78 is 40.4. The Hall–Kier alpha value is -3.26. The van der Waals surface area contributed by atoms with Crippen LogP contribution >= 0.6 is 0 Å². The minimum absolute atomic E-state index is 0.531. The molecule has 0 aromatic carbocycles. The molecule has 0 N–H and O–H groups in total. The molecular formula is C22H32O14. The van der Waals surface area contributed by atoms with Crippen molar-refractivity contribution in [3.05, 3.63) is 0 Å². The van der Waals surface area contributed by atoms with E-state index in [2.05, 4.69) is 0 Å². The molecule has 0 aromatic rings. The molecule has 2 fully saturated rings. The van der Waals surface area contributed by atoms with E-state index in [0.717, 1.165) is 0 Å². The minimum atomic E-state index is -1.06. The SMILES string of the molecule is CC(=O)OC1O[C@H](C)[C@@H](OC(C)=O)[C@H]1OC(C)=O.CC(=O)O[C@@H]1O[C@H](C)[C@@H](OC(C)=O)[C@H]1OC(C)=O. The number of carbonyl (C=O) groups excluding carboxylic acids is 6. The maximum Gasteiger partial charge on any atom is 0.305 e. The Bertz CT molecular complexity index is 771. The van der Waals surface area contributed by atoms with E-state index in [1.807, 2.05) is 0 Å². The van der Waals surface area contributed by atoms with Crippen LogP contribution < -0.4 is 0 Å². The van der Waals surface area contributed by atoms with Gasteiger partial charge in [0.1, 0.15) is 0 Å². The van der Waals surface area contributed by atoms with E-state index < -0.39 is 85.0 Å². The van der Waals surface area contributed by atoms with Gasteiger partial charge in [-0.25, -0.2) is 0 Å². The Morgan fingerprint density at radius 3 is 0.861 bits per heavy atom. The van der Waals surface area contributed by atoms with Crippen molar-refractivity contribution in [2.24, 2.45) is 0 Å². The van der Waals surface area contributed by atoms with Crippen LogP contribution in [-0.2, 0) is 66.7 Å². The monoisotopic (exact) mass is 520 g/mol. The van der Waals surface area contributed by atoms with Gasteiger partial charge in [-0.2, -0.15) is 0 Å². The molecular weight excluding hydrogens is 488 g/mol. The lowest BCUT2D eigenvalue weighted by Crippen LogP contribution is -2.40. The fourth-order valence-corrected chi connectivity index (χ4v) is 3.43. The molecule has 0 radical (unpaired) electrons. The van der Waals surface area contributed by atoms with Crippen molar-refractivity contribution < 1.29 is 66.7 Å². The molecule has 14 heteroatoms. The molecule has 204 valence electrons. The van der Waals surface area contributed by atoms with Gasteiger partial charge >= 0.3 is 35.8 Å². The number of rotatable bonds is 6. The predicted octanol–water partition coefficient (Wildman–Crippen LogP) is 0.315. The van der Waals surface area contributed by atoms with Gasteiger partial charge in [0.15, 0.2) is 12.2 Å². The van der Waals surface area contributed by atoms with Crippen molar-refractivity contribution in [1.29, 1.82) is 0 Å². The van der Waals surface area contributed by atoms with Crippen molar-refractivity contribution >= 4 is 35.8 Å². The Morgan fingerprint density at radius 2 is 0.639 bits per heavy atom. The first-order valence-electron chi connectivity index (χ1n) is 11.0. The Morgan fingerprint density at radius 1 is 0.417 bits per heavy atom. The van der Waals surface area contributed by atoms with Gasteiger partial charge in [0, 0.05) is 41.5 Å². The van der Waals surface area contributed by atoms with Crippen molar-refractivity contribution in [1.82, 2.24) is 0 Å². The van der Waals surface area contributed by atoms with E-state index in [4.69, 9.17) is 37.9 Å². The highest BCUT2D eigenvalue weighted by Crippen LogP contribution is 2.28. The van der Waals surface area contributed by atoms with Gasteiger partial charge in [0.2, 0.25) is 24.8 Å². The highest BCUT2D eigenvalue weighted by atomic mass is 16.8. The van der Waals surface area contributed by atoms with Crippen LogP contribution in [-0.4, -0.2) is 85.0 Å². The van der Waals surface area contributed by atoms with Crippen LogP contribution in [0.15, 0.2) is 0 Å². The maximum atomic E-state index is 11.0. The van der Waals surface area contributed by atoms with Crippen LogP contribution in [0.1, 0.15) is 55.4 Å². The summed E-state index contributed by atoms with van der Waals surface area (Å²) in [6.07, 6.45) is -6.70. The number of hydrogen-bond acceptors (Lipinski definition) is 14. The van der Waals surface area contributed by atoms with Crippen LogP contribution in [0, 0.1) is 0 Å². The number of esters is 6. The van der Waals surface area contributed by atoms with Gasteiger partial charge in [0.05, 0.1) is 12.2 Å². The molecule has 14 nitrogen and oxygen atoms in total. The Balaban J connectivity index is 0.000000360. The fourth-order valence-electron chi connectivity index (χ4n) is 3.43. The van der Waals surface area contributed by atoms with Crippen LogP contribution in [0.25, 0.3) is 0 Å². The summed E-state index contributed by atoms with van der Waals surface area (Å²) in [5, 5.41) is 0. The van der Waals surface area contributed by atoms with Crippen molar-refractivity contribution in [2.45, 2.75) is 105 Å². The molecule has 0 aliphatic carbocycles. The molecule has 36 heavy (non-hydrogen) atoms. The van der Waals surface area contributed by atoms with Crippen LogP contribution in [0.5, 0.6) is 0 Å². The summed E-state index contributed by atoms with van der Waals surface area (Å²) in [6, 6.07) is 0. The van der Waals surface area contributed by atoms with Gasteiger partial charge in [-0.15, -0.1) is 0 Å². The van der Waals surface area contributed by atoms with E-state index in [1.54, 1.807) is 13.8 Å². The van der Waals surface area contributed by atoms with E-state index in [0.29, 0.717) is 0 Å². The summed E-state index contributed by atoms with van der Waals surface area (Å²) in [5.74, 6) is -3.37. The van der Waals surface area contributed by atoms with Crippen LogP contribution in [0.2, 0.25) is 0 Å². The zero-order chi connectivity index (χ0) is 27.7. The first-order chi connectivity index (χ1) is 16.6. The molecule has 8 atom stereocenters. The number of hydrogen-bond donors (Lipinski definition) is 0. The largest absolute Gasteiger partial charge is 0.456 e. The second kappa shape index (κ2) is 13.7. The average molecular weight is 520 g/mol. The molecule has 2 aliphatic rings. The van der Waals surface area contributed by atoms with E-state index in [1.165, 1.54) is 41.5 Å². The lowest BCUT2D eigenvalue weighted by molar-refractivity contribution is -0.195.